The number of amides is 2. The number of hydrogen-bond acceptors (Lipinski definition) is 3. The number of halogens is 2. The maximum absolute atomic E-state index is 13.4. The Balaban J connectivity index is 1.84. The predicted octanol–water partition coefficient (Wildman–Crippen LogP) is 3.06. The van der Waals surface area contributed by atoms with Crippen LogP contribution >= 0.6 is 15.9 Å². The fraction of sp³-hybridized carbons (Fsp3) is 0.176. The molecule has 1 N–H and O–H groups in total. The van der Waals surface area contributed by atoms with Crippen LogP contribution in [0, 0.1) is 5.82 Å². The van der Waals surface area contributed by atoms with Gasteiger partial charge in [0.05, 0.1) is 12.2 Å². The molecule has 0 radical (unpaired) electrons. The number of rotatable bonds is 6. The lowest BCUT2D eigenvalue weighted by Crippen LogP contribution is -2.37. The SMILES string of the molecule is CN(CC(=O)Nc1ccccc1Br)C(=O)COc1ccccc1F. The highest BCUT2D eigenvalue weighted by molar-refractivity contribution is 9.10. The molecule has 2 amide bonds. The van der Waals surface area contributed by atoms with Gasteiger partial charge in [0.2, 0.25) is 5.91 Å². The number of nitrogens with one attached hydrogen (secondary N) is 1. The van der Waals surface area contributed by atoms with E-state index in [1.54, 1.807) is 24.3 Å². The lowest BCUT2D eigenvalue weighted by molar-refractivity contribution is -0.135. The van der Waals surface area contributed by atoms with Crippen LogP contribution < -0.4 is 10.1 Å². The number of ether oxygens (including phenoxy) is 1. The van der Waals surface area contributed by atoms with Gasteiger partial charge in [-0.25, -0.2) is 4.39 Å². The van der Waals surface area contributed by atoms with Gasteiger partial charge in [0.15, 0.2) is 18.2 Å². The molecule has 2 aromatic carbocycles. The van der Waals surface area contributed by atoms with Crippen LogP contribution in [0.1, 0.15) is 0 Å². The monoisotopic (exact) mass is 394 g/mol. The van der Waals surface area contributed by atoms with Gasteiger partial charge in [-0.3, -0.25) is 9.59 Å². The van der Waals surface area contributed by atoms with E-state index in [2.05, 4.69) is 21.2 Å². The van der Waals surface area contributed by atoms with E-state index in [9.17, 15) is 14.0 Å². The van der Waals surface area contributed by atoms with E-state index >= 15 is 0 Å². The highest BCUT2D eigenvalue weighted by Gasteiger charge is 2.15. The number of para-hydroxylation sites is 2. The van der Waals surface area contributed by atoms with Gasteiger partial charge in [0.1, 0.15) is 0 Å². The molecule has 0 fully saturated rings. The van der Waals surface area contributed by atoms with Crippen LogP contribution in [0.15, 0.2) is 53.0 Å². The molecule has 0 aliphatic heterocycles. The highest BCUT2D eigenvalue weighted by Crippen LogP contribution is 2.21. The van der Waals surface area contributed by atoms with Crippen LogP contribution in [0.3, 0.4) is 0 Å². The number of likely N-dealkylation sites (N-methyl/N-ethyl adjacent to an activating group) is 1. The van der Waals surface area contributed by atoms with Crippen molar-refractivity contribution in [2.24, 2.45) is 0 Å². The second-order valence-corrected chi connectivity index (χ2v) is 5.85. The van der Waals surface area contributed by atoms with Crippen molar-refractivity contribution in [2.45, 2.75) is 0 Å². The summed E-state index contributed by atoms with van der Waals surface area (Å²) >= 11 is 3.33. The first-order chi connectivity index (χ1) is 11.5. The van der Waals surface area contributed by atoms with Crippen molar-refractivity contribution in [1.82, 2.24) is 4.90 Å². The summed E-state index contributed by atoms with van der Waals surface area (Å²) in [4.78, 5) is 25.2. The zero-order chi connectivity index (χ0) is 17.5. The molecule has 0 unspecified atom stereocenters. The Hall–Kier alpha value is -2.41. The normalized spacial score (nSPS) is 10.1. The molecule has 5 nitrogen and oxygen atoms in total. The van der Waals surface area contributed by atoms with Crippen LogP contribution in [0.2, 0.25) is 0 Å². The Morgan fingerprint density at radius 1 is 1.17 bits per heavy atom. The number of carbonyl (C=O) groups is 2. The number of anilines is 1. The summed E-state index contributed by atoms with van der Waals surface area (Å²) in [5, 5.41) is 2.70. The van der Waals surface area contributed by atoms with E-state index in [-0.39, 0.29) is 24.8 Å². The summed E-state index contributed by atoms with van der Waals surface area (Å²) < 4.78 is 19.3. The van der Waals surface area contributed by atoms with Crippen LogP contribution in [0.25, 0.3) is 0 Å². The molecule has 0 saturated carbocycles. The molecule has 24 heavy (non-hydrogen) atoms. The number of carbonyl (C=O) groups excluding carboxylic acids is 2. The van der Waals surface area contributed by atoms with Crippen LogP contribution in [-0.2, 0) is 9.59 Å². The number of nitrogens with zero attached hydrogens (tertiary/aromatic N) is 1. The maximum atomic E-state index is 13.4. The summed E-state index contributed by atoms with van der Waals surface area (Å²) in [7, 11) is 1.48. The van der Waals surface area contributed by atoms with Gasteiger partial charge < -0.3 is 15.0 Å². The molecule has 0 aliphatic carbocycles. The zero-order valence-corrected chi connectivity index (χ0v) is 14.5. The maximum Gasteiger partial charge on any atom is 0.260 e. The molecule has 2 rings (SSSR count). The van der Waals surface area contributed by atoms with Crippen molar-refractivity contribution < 1.29 is 18.7 Å². The Kier molecular flexibility index (Phi) is 6.31. The molecule has 2 aromatic rings. The standard InChI is InChI=1S/C17H16BrFN2O3/c1-21(10-16(22)20-14-8-4-2-6-12(14)18)17(23)11-24-15-9-5-3-7-13(15)19/h2-9H,10-11H2,1H3,(H,20,22). The molecule has 0 atom stereocenters. The average Bonchev–Trinajstić information content (AvgIpc) is 2.56. The molecule has 0 aromatic heterocycles. The third-order valence-electron chi connectivity index (χ3n) is 3.14. The van der Waals surface area contributed by atoms with Crippen molar-refractivity contribution in [1.29, 1.82) is 0 Å². The minimum absolute atomic E-state index is 0.00285. The topological polar surface area (TPSA) is 58.6 Å². The van der Waals surface area contributed by atoms with Crippen molar-refractivity contribution in [3.8, 4) is 5.75 Å². The summed E-state index contributed by atoms with van der Waals surface area (Å²) in [6, 6.07) is 13.0. The van der Waals surface area contributed by atoms with E-state index < -0.39 is 11.7 Å². The first-order valence-corrected chi connectivity index (χ1v) is 7.92. The van der Waals surface area contributed by atoms with Gasteiger partial charge in [0.25, 0.3) is 5.91 Å². The minimum atomic E-state index is -0.542. The molecular formula is C17H16BrFN2O3. The molecule has 0 heterocycles. The number of hydrogen-bond donors (Lipinski definition) is 1. The lowest BCUT2D eigenvalue weighted by Gasteiger charge is -2.17. The van der Waals surface area contributed by atoms with Gasteiger partial charge in [-0.1, -0.05) is 24.3 Å². The Morgan fingerprint density at radius 3 is 2.54 bits per heavy atom. The zero-order valence-electron chi connectivity index (χ0n) is 13.0. The fourth-order valence-corrected chi connectivity index (χ4v) is 2.25. The third-order valence-corrected chi connectivity index (χ3v) is 3.83. The van der Waals surface area contributed by atoms with Crippen molar-refractivity contribution in [3.63, 3.8) is 0 Å². The number of benzene rings is 2. The molecule has 0 aliphatic rings. The van der Waals surface area contributed by atoms with Crippen LogP contribution in [0.5, 0.6) is 5.75 Å². The van der Waals surface area contributed by atoms with Gasteiger partial charge in [-0.15, -0.1) is 0 Å². The predicted molar refractivity (Wildman–Crippen MR) is 92.3 cm³/mol. The van der Waals surface area contributed by atoms with Crippen molar-refractivity contribution >= 4 is 33.4 Å². The highest BCUT2D eigenvalue weighted by atomic mass is 79.9. The summed E-state index contributed by atoms with van der Waals surface area (Å²) in [6.07, 6.45) is 0. The van der Waals surface area contributed by atoms with Gasteiger partial charge in [0, 0.05) is 11.5 Å². The average molecular weight is 395 g/mol. The van der Waals surface area contributed by atoms with E-state index in [1.165, 1.54) is 30.1 Å². The Bertz CT molecular complexity index is 739. The van der Waals surface area contributed by atoms with Crippen molar-refractivity contribution in [2.75, 3.05) is 25.5 Å². The quantitative estimate of drug-likeness (QED) is 0.818. The second kappa shape index (κ2) is 8.44. The van der Waals surface area contributed by atoms with Crippen LogP contribution in [0.4, 0.5) is 10.1 Å². The van der Waals surface area contributed by atoms with E-state index in [0.29, 0.717) is 5.69 Å². The first-order valence-electron chi connectivity index (χ1n) is 7.13. The molecule has 126 valence electrons. The second-order valence-electron chi connectivity index (χ2n) is 5.00. The van der Waals surface area contributed by atoms with Crippen molar-refractivity contribution in [3.05, 3.63) is 58.8 Å². The molecule has 0 spiro atoms. The van der Waals surface area contributed by atoms with E-state index in [0.717, 1.165) is 4.47 Å². The third kappa shape index (κ3) is 5.06. The summed E-state index contributed by atoms with van der Waals surface area (Å²) in [5.74, 6) is -1.32. The molecule has 0 saturated heterocycles. The summed E-state index contributed by atoms with van der Waals surface area (Å²) in [6.45, 7) is -0.486. The van der Waals surface area contributed by atoms with Gasteiger partial charge in [-0.05, 0) is 40.2 Å². The lowest BCUT2D eigenvalue weighted by atomic mass is 10.3. The Morgan fingerprint density at radius 2 is 1.83 bits per heavy atom. The van der Waals surface area contributed by atoms with E-state index in [1.807, 2.05) is 6.07 Å². The Labute approximate surface area is 147 Å². The molecule has 0 bridgehead atoms. The molecular weight excluding hydrogens is 379 g/mol. The van der Waals surface area contributed by atoms with Gasteiger partial charge >= 0.3 is 0 Å². The van der Waals surface area contributed by atoms with E-state index in [4.69, 9.17) is 4.74 Å². The molecule has 7 heteroatoms. The minimum Gasteiger partial charge on any atom is -0.481 e. The smallest absolute Gasteiger partial charge is 0.260 e. The first kappa shape index (κ1) is 17.9. The largest absolute Gasteiger partial charge is 0.481 e. The summed E-state index contributed by atoms with van der Waals surface area (Å²) in [5.41, 5.74) is 0.617. The fourth-order valence-electron chi connectivity index (χ4n) is 1.87. The van der Waals surface area contributed by atoms with Gasteiger partial charge in [-0.2, -0.15) is 0 Å². The van der Waals surface area contributed by atoms with Crippen LogP contribution in [-0.4, -0.2) is 36.9 Å².